The minimum absolute atomic E-state index is 0.653. The highest BCUT2D eigenvalue weighted by atomic mass is 15.0. The Labute approximate surface area is 241 Å². The summed E-state index contributed by atoms with van der Waals surface area (Å²) in [6.07, 6.45) is 20.5. The minimum atomic E-state index is 0.653. The zero-order valence-electron chi connectivity index (χ0n) is 24.4. The second kappa shape index (κ2) is 19.3. The first-order valence-corrected chi connectivity index (χ1v) is 14.9. The lowest BCUT2D eigenvalue weighted by Gasteiger charge is -2.02. The molecule has 0 radical (unpaired) electrons. The van der Waals surface area contributed by atoms with Gasteiger partial charge in [-0.3, -0.25) is 9.98 Å². The third-order valence-corrected chi connectivity index (χ3v) is 6.65. The standard InChI is InChI=1S/C35H45N5/c1-3-38-34-15-14-16-35(40-34)39-29-33-23-21-32(22-24-33)28-37-26-13-11-9-7-5-4-6-8-10-12-25-36-27-31-19-17-30(2)18-20-31/h3,14-24,27-29H,4-13,25-26H2,1-2H3/b36-27?,37-28?,38-3?,39-29+. The van der Waals surface area contributed by atoms with Gasteiger partial charge in [0.25, 0.3) is 0 Å². The average molecular weight is 536 g/mol. The molecule has 5 heteroatoms. The van der Waals surface area contributed by atoms with E-state index < -0.39 is 0 Å². The quantitative estimate of drug-likeness (QED) is 0.118. The van der Waals surface area contributed by atoms with Gasteiger partial charge in [-0.1, -0.05) is 112 Å². The summed E-state index contributed by atoms with van der Waals surface area (Å²) in [6.45, 7) is 5.83. The maximum absolute atomic E-state index is 4.61. The van der Waals surface area contributed by atoms with Crippen molar-refractivity contribution in [2.24, 2.45) is 20.0 Å². The lowest BCUT2D eigenvalue weighted by Crippen LogP contribution is -1.88. The summed E-state index contributed by atoms with van der Waals surface area (Å²) in [5.74, 6) is 1.32. The number of aromatic nitrogens is 1. The van der Waals surface area contributed by atoms with Gasteiger partial charge in [0.1, 0.15) is 0 Å². The van der Waals surface area contributed by atoms with Crippen LogP contribution < -0.4 is 0 Å². The molecule has 5 nitrogen and oxygen atoms in total. The van der Waals surface area contributed by atoms with Gasteiger partial charge in [-0.25, -0.2) is 15.0 Å². The minimum Gasteiger partial charge on any atom is -0.293 e. The van der Waals surface area contributed by atoms with E-state index in [1.54, 1.807) is 6.21 Å². The lowest BCUT2D eigenvalue weighted by molar-refractivity contribution is 0.555. The van der Waals surface area contributed by atoms with Gasteiger partial charge in [-0.15, -0.1) is 0 Å². The first-order chi connectivity index (χ1) is 19.7. The van der Waals surface area contributed by atoms with Crippen molar-refractivity contribution in [3.8, 4) is 0 Å². The van der Waals surface area contributed by atoms with Crippen molar-refractivity contribution in [1.29, 1.82) is 0 Å². The van der Waals surface area contributed by atoms with E-state index in [1.807, 2.05) is 43.8 Å². The fourth-order valence-corrected chi connectivity index (χ4v) is 4.31. The van der Waals surface area contributed by atoms with Crippen LogP contribution >= 0.6 is 0 Å². The normalized spacial score (nSPS) is 12.1. The molecule has 0 N–H and O–H groups in total. The zero-order chi connectivity index (χ0) is 28.1. The third kappa shape index (κ3) is 13.4. The number of aryl methyl sites for hydroxylation is 1. The third-order valence-electron chi connectivity index (χ3n) is 6.65. The number of nitrogens with zero attached hydrogens (tertiary/aromatic N) is 5. The van der Waals surface area contributed by atoms with E-state index in [9.17, 15) is 0 Å². The van der Waals surface area contributed by atoms with Crippen molar-refractivity contribution in [3.63, 3.8) is 0 Å². The molecule has 1 aromatic heterocycles. The zero-order valence-corrected chi connectivity index (χ0v) is 24.4. The molecule has 0 saturated heterocycles. The summed E-state index contributed by atoms with van der Waals surface area (Å²) in [6, 6.07) is 22.5. The van der Waals surface area contributed by atoms with E-state index >= 15 is 0 Å². The Morgan fingerprint density at radius 3 is 1.45 bits per heavy atom. The fourth-order valence-electron chi connectivity index (χ4n) is 4.31. The molecular formula is C35H45N5. The molecule has 210 valence electrons. The molecule has 0 atom stereocenters. The van der Waals surface area contributed by atoms with Crippen LogP contribution in [0.3, 0.4) is 0 Å². The lowest BCUT2D eigenvalue weighted by atomic mass is 10.1. The largest absolute Gasteiger partial charge is 0.293 e. The summed E-state index contributed by atoms with van der Waals surface area (Å²) in [5, 5.41) is 0. The Balaban J connectivity index is 1.15. The molecule has 1 heterocycles. The SMILES string of the molecule is CC=Nc1cccc(/N=C/c2ccc(C=NCCCCCCCCCCCCN=Cc3ccc(C)cc3)cc2)n1. The maximum atomic E-state index is 4.61. The van der Waals surface area contributed by atoms with Crippen LogP contribution in [-0.2, 0) is 0 Å². The van der Waals surface area contributed by atoms with Crippen molar-refractivity contribution in [3.05, 3.63) is 89.0 Å². The number of rotatable bonds is 18. The van der Waals surface area contributed by atoms with Crippen LogP contribution in [0.15, 0.2) is 86.7 Å². The van der Waals surface area contributed by atoms with E-state index in [0.717, 1.165) is 24.2 Å². The molecule has 0 saturated carbocycles. The fraction of sp³-hybridized carbons (Fsp3) is 0.400. The summed E-state index contributed by atoms with van der Waals surface area (Å²) < 4.78 is 0. The number of aliphatic imine (C=N–C) groups is 4. The molecule has 0 amide bonds. The van der Waals surface area contributed by atoms with Crippen LogP contribution in [0.25, 0.3) is 0 Å². The van der Waals surface area contributed by atoms with Crippen LogP contribution in [0.5, 0.6) is 0 Å². The molecule has 0 bridgehead atoms. The molecule has 2 aromatic carbocycles. The molecule has 3 aromatic rings. The van der Waals surface area contributed by atoms with Gasteiger partial charge in [0.2, 0.25) is 0 Å². The van der Waals surface area contributed by atoms with Crippen molar-refractivity contribution in [2.45, 2.75) is 78.1 Å². The Bertz CT molecular complexity index is 1210. The highest BCUT2D eigenvalue weighted by Gasteiger charge is 1.96. The van der Waals surface area contributed by atoms with Gasteiger partial charge in [0.05, 0.1) is 0 Å². The van der Waals surface area contributed by atoms with Gasteiger partial charge in [-0.2, -0.15) is 0 Å². The van der Waals surface area contributed by atoms with Gasteiger partial charge in [0, 0.05) is 37.9 Å². The van der Waals surface area contributed by atoms with Crippen LogP contribution in [0.4, 0.5) is 11.6 Å². The highest BCUT2D eigenvalue weighted by Crippen LogP contribution is 2.15. The second-order valence-corrected chi connectivity index (χ2v) is 10.2. The van der Waals surface area contributed by atoms with Crippen LogP contribution in [-0.4, -0.2) is 42.9 Å². The molecule has 0 unspecified atom stereocenters. The Hall–Kier alpha value is -3.73. The number of benzene rings is 2. The number of pyridine rings is 1. The van der Waals surface area contributed by atoms with E-state index in [1.165, 1.54) is 75.3 Å². The molecule has 0 aliphatic rings. The van der Waals surface area contributed by atoms with Gasteiger partial charge >= 0.3 is 0 Å². The smallest absolute Gasteiger partial charge is 0.154 e. The molecule has 0 aliphatic carbocycles. The Kier molecular flexibility index (Phi) is 14.9. The van der Waals surface area contributed by atoms with Crippen LogP contribution in [0.2, 0.25) is 0 Å². The van der Waals surface area contributed by atoms with Crippen LogP contribution in [0.1, 0.15) is 93.4 Å². The monoisotopic (exact) mass is 535 g/mol. The summed E-state index contributed by atoms with van der Waals surface area (Å²) in [4.78, 5) is 22.2. The van der Waals surface area contributed by atoms with Crippen molar-refractivity contribution < 1.29 is 0 Å². The number of hydrogen-bond donors (Lipinski definition) is 0. The Morgan fingerprint density at radius 1 is 0.525 bits per heavy atom. The first-order valence-electron chi connectivity index (χ1n) is 14.9. The predicted octanol–water partition coefficient (Wildman–Crippen LogP) is 9.30. The molecule has 40 heavy (non-hydrogen) atoms. The topological polar surface area (TPSA) is 62.3 Å². The van der Waals surface area contributed by atoms with Crippen molar-refractivity contribution in [1.82, 2.24) is 4.98 Å². The predicted molar refractivity (Wildman–Crippen MR) is 174 cm³/mol. The molecule has 0 fully saturated rings. The summed E-state index contributed by atoms with van der Waals surface area (Å²) in [5.41, 5.74) is 4.64. The highest BCUT2D eigenvalue weighted by molar-refractivity contribution is 5.85. The van der Waals surface area contributed by atoms with E-state index in [0.29, 0.717) is 11.6 Å². The van der Waals surface area contributed by atoms with Gasteiger partial charge < -0.3 is 0 Å². The summed E-state index contributed by atoms with van der Waals surface area (Å²) >= 11 is 0. The first kappa shape index (κ1) is 30.8. The number of hydrogen-bond acceptors (Lipinski definition) is 5. The summed E-state index contributed by atoms with van der Waals surface area (Å²) in [7, 11) is 0. The number of unbranched alkanes of at least 4 members (excludes halogenated alkanes) is 9. The molecule has 3 rings (SSSR count). The van der Waals surface area contributed by atoms with Crippen molar-refractivity contribution in [2.75, 3.05) is 13.1 Å². The van der Waals surface area contributed by atoms with Crippen molar-refractivity contribution >= 4 is 36.5 Å². The maximum Gasteiger partial charge on any atom is 0.154 e. The molecule has 0 spiro atoms. The van der Waals surface area contributed by atoms with Gasteiger partial charge in [0.15, 0.2) is 11.6 Å². The van der Waals surface area contributed by atoms with E-state index in [4.69, 9.17) is 0 Å². The van der Waals surface area contributed by atoms with Crippen LogP contribution in [0, 0.1) is 6.92 Å². The Morgan fingerprint density at radius 2 is 0.950 bits per heavy atom. The van der Waals surface area contributed by atoms with E-state index in [-0.39, 0.29) is 0 Å². The average Bonchev–Trinajstić information content (AvgIpc) is 2.98. The molecule has 0 aliphatic heterocycles. The van der Waals surface area contributed by atoms with E-state index in [2.05, 4.69) is 80.4 Å². The van der Waals surface area contributed by atoms with Gasteiger partial charge in [-0.05, 0) is 55.5 Å². The second-order valence-electron chi connectivity index (χ2n) is 10.2. The molecular weight excluding hydrogens is 490 g/mol.